The predicted octanol–water partition coefficient (Wildman–Crippen LogP) is 2.87. The van der Waals surface area contributed by atoms with Crippen LogP contribution in [0.4, 0.5) is 13.9 Å². The Kier molecular flexibility index (Phi) is 6.62. The van der Waals surface area contributed by atoms with Crippen molar-refractivity contribution in [2.75, 3.05) is 19.0 Å². The van der Waals surface area contributed by atoms with E-state index in [0.29, 0.717) is 11.3 Å². The average molecular weight is 422 g/mol. The van der Waals surface area contributed by atoms with Gasteiger partial charge in [0.05, 0.1) is 18.8 Å². The number of amides is 1. The van der Waals surface area contributed by atoms with Crippen molar-refractivity contribution in [1.82, 2.24) is 14.8 Å². The van der Waals surface area contributed by atoms with E-state index in [1.165, 1.54) is 25.3 Å². The number of anilines is 1. The molecule has 1 N–H and O–H groups in total. The SMILES string of the molecule is COCCn1nc(C(=O)Nc2nc(-c3ccccc3OC(F)F)cs2)ccc1=O. The predicted molar refractivity (Wildman–Crippen MR) is 103 cm³/mol. The Hall–Kier alpha value is -3.18. The van der Waals surface area contributed by atoms with E-state index in [9.17, 15) is 18.4 Å². The van der Waals surface area contributed by atoms with E-state index in [1.807, 2.05) is 0 Å². The number of aromatic nitrogens is 3. The molecule has 8 nitrogen and oxygen atoms in total. The number of benzene rings is 1. The first-order valence-electron chi connectivity index (χ1n) is 8.36. The fourth-order valence-electron chi connectivity index (χ4n) is 2.40. The second-order valence-electron chi connectivity index (χ2n) is 5.64. The van der Waals surface area contributed by atoms with E-state index in [-0.39, 0.29) is 35.3 Å². The molecule has 0 atom stereocenters. The average Bonchev–Trinajstić information content (AvgIpc) is 3.15. The van der Waals surface area contributed by atoms with Crippen LogP contribution in [-0.4, -0.2) is 41.0 Å². The molecule has 1 amide bonds. The Morgan fingerprint density at radius 3 is 2.83 bits per heavy atom. The molecular weight excluding hydrogens is 406 g/mol. The van der Waals surface area contributed by atoms with Crippen molar-refractivity contribution in [3.8, 4) is 17.0 Å². The van der Waals surface area contributed by atoms with E-state index in [4.69, 9.17) is 4.74 Å². The number of alkyl halides is 2. The summed E-state index contributed by atoms with van der Waals surface area (Å²) in [5, 5.41) is 8.44. The highest BCUT2D eigenvalue weighted by Crippen LogP contribution is 2.33. The minimum absolute atomic E-state index is 0.0161. The summed E-state index contributed by atoms with van der Waals surface area (Å²) in [5.41, 5.74) is 0.417. The van der Waals surface area contributed by atoms with Crippen LogP contribution in [0.2, 0.25) is 0 Å². The van der Waals surface area contributed by atoms with Crippen LogP contribution in [0.25, 0.3) is 11.3 Å². The van der Waals surface area contributed by atoms with Gasteiger partial charge in [0.2, 0.25) is 0 Å². The zero-order chi connectivity index (χ0) is 20.8. The zero-order valence-electron chi connectivity index (χ0n) is 15.2. The van der Waals surface area contributed by atoms with Gasteiger partial charge in [-0.1, -0.05) is 12.1 Å². The van der Waals surface area contributed by atoms with Crippen LogP contribution in [0.1, 0.15) is 10.5 Å². The first-order chi connectivity index (χ1) is 14.0. The monoisotopic (exact) mass is 422 g/mol. The minimum Gasteiger partial charge on any atom is -0.434 e. The molecule has 3 aromatic rings. The molecule has 0 aliphatic carbocycles. The number of ether oxygens (including phenoxy) is 2. The molecule has 11 heteroatoms. The highest BCUT2D eigenvalue weighted by Gasteiger charge is 2.16. The number of nitrogens with one attached hydrogen (secondary N) is 1. The molecule has 29 heavy (non-hydrogen) atoms. The highest BCUT2D eigenvalue weighted by molar-refractivity contribution is 7.14. The summed E-state index contributed by atoms with van der Waals surface area (Å²) >= 11 is 1.11. The quantitative estimate of drug-likeness (QED) is 0.600. The van der Waals surface area contributed by atoms with E-state index >= 15 is 0 Å². The zero-order valence-corrected chi connectivity index (χ0v) is 16.0. The number of rotatable bonds is 8. The van der Waals surface area contributed by atoms with E-state index in [0.717, 1.165) is 16.0 Å². The standard InChI is InChI=1S/C18H16F2N4O4S/c1-27-9-8-24-15(25)7-6-12(23-24)16(26)22-18-21-13(10-29-18)11-4-2-3-5-14(11)28-17(19)20/h2-7,10,17H,8-9H2,1H3,(H,21,22,26). The number of hydrogen-bond donors (Lipinski definition) is 1. The molecule has 1 aromatic carbocycles. The summed E-state index contributed by atoms with van der Waals surface area (Å²) in [6.45, 7) is -2.49. The number of para-hydroxylation sites is 1. The van der Waals surface area contributed by atoms with Crippen LogP contribution < -0.4 is 15.6 Å². The summed E-state index contributed by atoms with van der Waals surface area (Å²) < 4.78 is 35.7. The fraction of sp³-hybridized carbons (Fsp3) is 0.222. The Balaban J connectivity index is 1.77. The lowest BCUT2D eigenvalue weighted by molar-refractivity contribution is -0.0494. The van der Waals surface area contributed by atoms with Gasteiger partial charge in [-0.3, -0.25) is 14.9 Å². The number of hydrogen-bond acceptors (Lipinski definition) is 7. The van der Waals surface area contributed by atoms with Gasteiger partial charge in [-0.25, -0.2) is 9.67 Å². The van der Waals surface area contributed by atoms with Crippen molar-refractivity contribution in [3.63, 3.8) is 0 Å². The van der Waals surface area contributed by atoms with Crippen LogP contribution in [0.15, 0.2) is 46.6 Å². The number of nitrogens with zero attached hydrogens (tertiary/aromatic N) is 3. The molecule has 2 aromatic heterocycles. The van der Waals surface area contributed by atoms with Gasteiger partial charge < -0.3 is 9.47 Å². The van der Waals surface area contributed by atoms with Crippen molar-refractivity contribution in [2.45, 2.75) is 13.2 Å². The van der Waals surface area contributed by atoms with Crippen molar-refractivity contribution in [3.05, 3.63) is 57.8 Å². The van der Waals surface area contributed by atoms with Crippen molar-refractivity contribution >= 4 is 22.4 Å². The molecule has 0 radical (unpaired) electrons. The lowest BCUT2D eigenvalue weighted by Crippen LogP contribution is -2.27. The topological polar surface area (TPSA) is 95.3 Å². The lowest BCUT2D eigenvalue weighted by Gasteiger charge is -2.08. The summed E-state index contributed by atoms with van der Waals surface area (Å²) in [6, 6.07) is 8.78. The van der Waals surface area contributed by atoms with Crippen molar-refractivity contribution < 1.29 is 23.0 Å². The van der Waals surface area contributed by atoms with Gasteiger partial charge in [0.25, 0.3) is 11.5 Å². The molecule has 2 heterocycles. The Morgan fingerprint density at radius 2 is 2.07 bits per heavy atom. The first kappa shape index (κ1) is 20.6. The van der Waals surface area contributed by atoms with E-state index < -0.39 is 12.5 Å². The fourth-order valence-corrected chi connectivity index (χ4v) is 3.11. The van der Waals surface area contributed by atoms with Crippen LogP contribution in [0.5, 0.6) is 5.75 Å². The second-order valence-corrected chi connectivity index (χ2v) is 6.50. The Labute approximate surface area is 167 Å². The highest BCUT2D eigenvalue weighted by atomic mass is 32.1. The number of thiazole rings is 1. The van der Waals surface area contributed by atoms with Crippen molar-refractivity contribution in [1.29, 1.82) is 0 Å². The third-order valence-corrected chi connectivity index (χ3v) is 4.47. The lowest BCUT2D eigenvalue weighted by atomic mass is 10.1. The molecule has 0 saturated carbocycles. The largest absolute Gasteiger partial charge is 0.434 e. The van der Waals surface area contributed by atoms with Gasteiger partial charge in [-0.2, -0.15) is 13.9 Å². The molecule has 0 bridgehead atoms. The van der Waals surface area contributed by atoms with Crippen LogP contribution in [0.3, 0.4) is 0 Å². The van der Waals surface area contributed by atoms with Gasteiger partial charge in [0.1, 0.15) is 11.4 Å². The van der Waals surface area contributed by atoms with Crippen LogP contribution in [0, 0.1) is 0 Å². The summed E-state index contributed by atoms with van der Waals surface area (Å²) in [5.74, 6) is -0.577. The summed E-state index contributed by atoms with van der Waals surface area (Å²) in [6.07, 6.45) is 0. The third-order valence-electron chi connectivity index (χ3n) is 3.71. The van der Waals surface area contributed by atoms with E-state index in [2.05, 4.69) is 20.1 Å². The van der Waals surface area contributed by atoms with Gasteiger partial charge in [-0.15, -0.1) is 11.3 Å². The molecule has 0 fully saturated rings. The van der Waals surface area contributed by atoms with Gasteiger partial charge in [0.15, 0.2) is 5.13 Å². The maximum atomic E-state index is 12.6. The molecular formula is C18H16F2N4O4S. The number of halogens is 2. The third kappa shape index (κ3) is 5.21. The van der Waals surface area contributed by atoms with Crippen LogP contribution >= 0.6 is 11.3 Å². The van der Waals surface area contributed by atoms with Gasteiger partial charge in [0, 0.05) is 24.1 Å². The maximum Gasteiger partial charge on any atom is 0.387 e. The maximum absolute atomic E-state index is 12.6. The molecule has 0 aliphatic heterocycles. The van der Waals surface area contributed by atoms with Crippen LogP contribution in [-0.2, 0) is 11.3 Å². The molecule has 0 unspecified atom stereocenters. The molecule has 3 rings (SSSR count). The molecule has 0 spiro atoms. The minimum atomic E-state index is -2.96. The summed E-state index contributed by atoms with van der Waals surface area (Å²) in [4.78, 5) is 28.4. The first-order valence-corrected chi connectivity index (χ1v) is 9.24. The van der Waals surface area contributed by atoms with Crippen molar-refractivity contribution in [2.24, 2.45) is 0 Å². The number of methoxy groups -OCH3 is 1. The Bertz CT molecular complexity index is 1050. The Morgan fingerprint density at radius 1 is 1.28 bits per heavy atom. The number of carbonyl (C=O) groups excluding carboxylic acids is 1. The van der Waals surface area contributed by atoms with Gasteiger partial charge in [-0.05, 0) is 18.2 Å². The molecule has 152 valence electrons. The second kappa shape index (κ2) is 9.34. The van der Waals surface area contributed by atoms with Gasteiger partial charge >= 0.3 is 6.61 Å². The normalized spacial score (nSPS) is 10.9. The molecule has 0 saturated heterocycles. The van der Waals surface area contributed by atoms with E-state index in [1.54, 1.807) is 23.6 Å². The number of carbonyl (C=O) groups is 1. The summed E-state index contributed by atoms with van der Waals surface area (Å²) in [7, 11) is 1.49. The molecule has 0 aliphatic rings. The smallest absolute Gasteiger partial charge is 0.387 e.